The molecule has 2 aromatic rings. The average molecular weight is 383 g/mol. The lowest BCUT2D eigenvalue weighted by Gasteiger charge is -2.12. The number of nitrogens with zero attached hydrogens (tertiary/aromatic N) is 3. The molecule has 0 amide bonds. The zero-order valence-corrected chi connectivity index (χ0v) is 15.3. The molecule has 2 aromatic heterocycles. The van der Waals surface area contributed by atoms with Gasteiger partial charge in [-0.05, 0) is 36.5 Å². The first-order valence-electron chi connectivity index (χ1n) is 8.27. The zero-order chi connectivity index (χ0) is 18.9. The van der Waals surface area contributed by atoms with E-state index >= 15 is 0 Å². The van der Waals surface area contributed by atoms with Gasteiger partial charge < -0.3 is 4.74 Å². The average Bonchev–Trinajstić information content (AvgIpc) is 3.44. The predicted octanol–water partition coefficient (Wildman–Crippen LogP) is 3.24. The van der Waals surface area contributed by atoms with Crippen LogP contribution >= 0.6 is 0 Å². The number of hydrogen-bond donors (Lipinski definition) is 0. The third kappa shape index (κ3) is 4.32. The minimum atomic E-state index is -3.51. The van der Waals surface area contributed by atoms with E-state index in [9.17, 15) is 17.2 Å². The Hall–Kier alpha value is -2.16. The maximum Gasteiger partial charge on any atom is 0.278 e. The number of rotatable bonds is 7. The Morgan fingerprint density at radius 1 is 1.27 bits per heavy atom. The van der Waals surface area contributed by atoms with Crippen molar-refractivity contribution in [1.82, 2.24) is 15.2 Å². The van der Waals surface area contributed by atoms with E-state index in [2.05, 4.69) is 15.2 Å². The molecule has 0 aliphatic heterocycles. The summed E-state index contributed by atoms with van der Waals surface area (Å²) in [5.74, 6) is -2.75. The number of aromatic nitrogens is 3. The van der Waals surface area contributed by atoms with Crippen molar-refractivity contribution in [3.8, 4) is 17.3 Å². The van der Waals surface area contributed by atoms with Crippen LogP contribution < -0.4 is 4.74 Å². The first kappa shape index (κ1) is 18.6. The van der Waals surface area contributed by atoms with Crippen LogP contribution in [0.2, 0.25) is 0 Å². The summed E-state index contributed by atoms with van der Waals surface area (Å²) in [4.78, 5) is 4.41. The standard InChI is InChI=1S/C17H19F2N3O3S/c1-3-26(23,24)14-8-12(11-4-5-11)9-20-16(14)13-6-7-15(22-21-13)25-10-17(2,18)19/h6-9,11H,3-5,10H2,1-2H3. The fourth-order valence-corrected chi connectivity index (χ4v) is 3.49. The molecule has 6 nitrogen and oxygen atoms in total. The Morgan fingerprint density at radius 2 is 2.00 bits per heavy atom. The molecule has 9 heteroatoms. The third-order valence-corrected chi connectivity index (χ3v) is 5.74. The minimum Gasteiger partial charge on any atom is -0.470 e. The lowest BCUT2D eigenvalue weighted by molar-refractivity contribution is -0.0244. The van der Waals surface area contributed by atoms with Gasteiger partial charge in [0.2, 0.25) is 5.88 Å². The van der Waals surface area contributed by atoms with Crippen LogP contribution in [0.25, 0.3) is 11.4 Å². The zero-order valence-electron chi connectivity index (χ0n) is 14.4. The van der Waals surface area contributed by atoms with E-state index in [1.165, 1.54) is 12.1 Å². The third-order valence-electron chi connectivity index (χ3n) is 3.99. The van der Waals surface area contributed by atoms with Crippen LogP contribution in [-0.4, -0.2) is 41.9 Å². The van der Waals surface area contributed by atoms with Gasteiger partial charge in [0.25, 0.3) is 5.92 Å². The van der Waals surface area contributed by atoms with Crippen LogP contribution in [0.1, 0.15) is 38.2 Å². The highest BCUT2D eigenvalue weighted by Crippen LogP contribution is 2.41. The summed E-state index contributed by atoms with van der Waals surface area (Å²) in [6, 6.07) is 4.49. The van der Waals surface area contributed by atoms with Gasteiger partial charge in [0, 0.05) is 19.2 Å². The van der Waals surface area contributed by atoms with Crippen LogP contribution in [0.4, 0.5) is 8.78 Å². The van der Waals surface area contributed by atoms with E-state index in [1.807, 2.05) is 0 Å². The molecule has 0 spiro atoms. The molecule has 1 saturated carbocycles. The van der Waals surface area contributed by atoms with Crippen LogP contribution in [0.15, 0.2) is 29.3 Å². The Labute approximate surface area is 150 Å². The number of alkyl halides is 2. The first-order valence-corrected chi connectivity index (χ1v) is 9.92. The largest absolute Gasteiger partial charge is 0.470 e. The molecular weight excluding hydrogens is 364 g/mol. The van der Waals surface area contributed by atoms with Crippen molar-refractivity contribution < 1.29 is 21.9 Å². The molecule has 0 aromatic carbocycles. The lowest BCUT2D eigenvalue weighted by atomic mass is 10.1. The second-order valence-corrected chi connectivity index (χ2v) is 8.66. The summed E-state index contributed by atoms with van der Waals surface area (Å²) in [6.07, 6.45) is 3.71. The summed E-state index contributed by atoms with van der Waals surface area (Å²) in [6.45, 7) is 1.49. The summed E-state index contributed by atoms with van der Waals surface area (Å²) in [5.41, 5.74) is 1.35. The second kappa shape index (κ2) is 6.86. The second-order valence-electron chi connectivity index (χ2n) is 6.41. The Bertz CT molecular complexity index is 892. The predicted molar refractivity (Wildman–Crippen MR) is 91.1 cm³/mol. The monoisotopic (exact) mass is 383 g/mol. The van der Waals surface area contributed by atoms with Gasteiger partial charge in [0.15, 0.2) is 16.4 Å². The van der Waals surface area contributed by atoms with Gasteiger partial charge in [-0.1, -0.05) is 6.92 Å². The summed E-state index contributed by atoms with van der Waals surface area (Å²) < 4.78 is 55.5. The molecule has 140 valence electrons. The van der Waals surface area contributed by atoms with Crippen molar-refractivity contribution >= 4 is 9.84 Å². The SMILES string of the molecule is CCS(=O)(=O)c1cc(C2CC2)cnc1-c1ccc(OCC(C)(F)F)nn1. The van der Waals surface area contributed by atoms with Crippen molar-refractivity contribution in [2.45, 2.75) is 43.4 Å². The number of hydrogen-bond acceptors (Lipinski definition) is 6. The smallest absolute Gasteiger partial charge is 0.278 e. The van der Waals surface area contributed by atoms with Crippen LogP contribution in [-0.2, 0) is 9.84 Å². The molecule has 0 bridgehead atoms. The maximum absolute atomic E-state index is 12.8. The van der Waals surface area contributed by atoms with Gasteiger partial charge in [-0.15, -0.1) is 10.2 Å². The van der Waals surface area contributed by atoms with E-state index < -0.39 is 22.4 Å². The van der Waals surface area contributed by atoms with Gasteiger partial charge in [0.05, 0.1) is 10.6 Å². The molecule has 1 aliphatic rings. The van der Waals surface area contributed by atoms with Crippen LogP contribution in [0, 0.1) is 0 Å². The van der Waals surface area contributed by atoms with Crippen molar-refractivity contribution in [2.24, 2.45) is 0 Å². The molecule has 0 N–H and O–H groups in total. The number of halogens is 2. The van der Waals surface area contributed by atoms with Crippen LogP contribution in [0.5, 0.6) is 5.88 Å². The van der Waals surface area contributed by atoms with Gasteiger partial charge in [-0.2, -0.15) is 0 Å². The molecule has 0 radical (unpaired) electrons. The van der Waals surface area contributed by atoms with Gasteiger partial charge in [-0.25, -0.2) is 17.2 Å². The highest BCUT2D eigenvalue weighted by molar-refractivity contribution is 7.91. The van der Waals surface area contributed by atoms with E-state index in [1.54, 1.807) is 19.2 Å². The van der Waals surface area contributed by atoms with Crippen molar-refractivity contribution in [2.75, 3.05) is 12.4 Å². The summed E-state index contributed by atoms with van der Waals surface area (Å²) in [5, 5.41) is 7.64. The highest BCUT2D eigenvalue weighted by Gasteiger charge is 2.28. The van der Waals surface area contributed by atoms with E-state index in [4.69, 9.17) is 4.74 Å². The van der Waals surface area contributed by atoms with E-state index in [0.717, 1.165) is 25.3 Å². The van der Waals surface area contributed by atoms with Crippen molar-refractivity contribution in [1.29, 1.82) is 0 Å². The number of pyridine rings is 1. The quantitative estimate of drug-likeness (QED) is 0.730. The highest BCUT2D eigenvalue weighted by atomic mass is 32.2. The van der Waals surface area contributed by atoms with Crippen LogP contribution in [0.3, 0.4) is 0 Å². The molecule has 0 unspecified atom stereocenters. The number of ether oxygens (including phenoxy) is 1. The molecule has 0 saturated heterocycles. The van der Waals surface area contributed by atoms with E-state index in [0.29, 0.717) is 5.92 Å². The lowest BCUT2D eigenvalue weighted by Crippen LogP contribution is -2.21. The first-order chi connectivity index (χ1) is 12.2. The van der Waals surface area contributed by atoms with E-state index in [-0.39, 0.29) is 27.9 Å². The molecule has 3 rings (SSSR count). The van der Waals surface area contributed by atoms with Crippen molar-refractivity contribution in [3.05, 3.63) is 30.0 Å². The van der Waals surface area contributed by atoms with Gasteiger partial charge in [-0.3, -0.25) is 4.98 Å². The molecule has 1 fully saturated rings. The summed E-state index contributed by atoms with van der Waals surface area (Å²) in [7, 11) is -3.51. The van der Waals surface area contributed by atoms with Gasteiger partial charge >= 0.3 is 0 Å². The molecule has 2 heterocycles. The molecule has 26 heavy (non-hydrogen) atoms. The normalized spacial score (nSPS) is 15.1. The number of sulfone groups is 1. The fourth-order valence-electron chi connectivity index (χ4n) is 2.41. The summed E-state index contributed by atoms with van der Waals surface area (Å²) >= 11 is 0. The van der Waals surface area contributed by atoms with Crippen molar-refractivity contribution in [3.63, 3.8) is 0 Å². The Kier molecular flexibility index (Phi) is 4.92. The molecular formula is C17H19F2N3O3S. The topological polar surface area (TPSA) is 82.0 Å². The molecule has 0 atom stereocenters. The fraction of sp³-hybridized carbons (Fsp3) is 0.471. The maximum atomic E-state index is 12.8. The van der Waals surface area contributed by atoms with Gasteiger partial charge in [0.1, 0.15) is 11.4 Å². The molecule has 1 aliphatic carbocycles. The Morgan fingerprint density at radius 3 is 2.54 bits per heavy atom. The Balaban J connectivity index is 1.93. The minimum absolute atomic E-state index is 0.0595.